The molecule has 180 valence electrons. The van der Waals surface area contributed by atoms with Gasteiger partial charge < -0.3 is 0 Å². The minimum atomic E-state index is 0.493. The second-order valence-corrected chi connectivity index (χ2v) is 11.9. The van der Waals surface area contributed by atoms with E-state index in [9.17, 15) is 0 Å². The zero-order valence-corrected chi connectivity index (χ0v) is 22.5. The second kappa shape index (κ2) is 11.9. The first-order valence-electron chi connectivity index (χ1n) is 12.9. The highest BCUT2D eigenvalue weighted by atomic mass is 14.4. The minimum absolute atomic E-state index is 0.493. The van der Waals surface area contributed by atoms with Crippen molar-refractivity contribution in [2.75, 3.05) is 0 Å². The maximum atomic E-state index is 4.41. The molecule has 0 aliphatic heterocycles. The van der Waals surface area contributed by atoms with Crippen molar-refractivity contribution in [3.8, 4) is 0 Å². The lowest BCUT2D eigenvalue weighted by atomic mass is 9.59. The lowest BCUT2D eigenvalue weighted by molar-refractivity contribution is 0.0418. The molecule has 2 aromatic rings. The van der Waals surface area contributed by atoms with Crippen LogP contribution in [0.3, 0.4) is 0 Å². The van der Waals surface area contributed by atoms with E-state index < -0.39 is 0 Å². The fourth-order valence-corrected chi connectivity index (χ4v) is 5.98. The van der Waals surface area contributed by atoms with Crippen molar-refractivity contribution in [2.24, 2.45) is 22.7 Å². The predicted molar refractivity (Wildman–Crippen MR) is 149 cm³/mol. The van der Waals surface area contributed by atoms with Gasteiger partial charge in [-0.2, -0.15) is 0 Å². The van der Waals surface area contributed by atoms with Gasteiger partial charge >= 0.3 is 0 Å². The molecule has 0 nitrogen and oxygen atoms in total. The third-order valence-electron chi connectivity index (χ3n) is 7.39. The molecule has 0 bridgehead atoms. The summed E-state index contributed by atoms with van der Waals surface area (Å²) >= 11 is 0. The first-order valence-corrected chi connectivity index (χ1v) is 12.9. The quantitative estimate of drug-likeness (QED) is 0.398. The van der Waals surface area contributed by atoms with Gasteiger partial charge in [0.2, 0.25) is 0 Å². The Bertz CT molecular complexity index is 878. The van der Waals surface area contributed by atoms with Crippen LogP contribution in [0.4, 0.5) is 0 Å². The molecular weight excluding hydrogens is 396 g/mol. The van der Waals surface area contributed by atoms with Crippen LogP contribution in [0.2, 0.25) is 0 Å². The Kier molecular flexibility index (Phi) is 9.77. The summed E-state index contributed by atoms with van der Waals surface area (Å²) in [5.74, 6) is 1.65. The SMILES string of the molecule is C=C(CCC(C)C1CC(C)(C)CC(C)(C)C1)c1ccccc1CC.C=Cc1ccc(C)cc1. The first-order chi connectivity index (χ1) is 15.5. The fraction of sp³-hybridized carbons (Fsp3) is 0.515. The van der Waals surface area contributed by atoms with Crippen molar-refractivity contribution >= 4 is 11.6 Å². The number of allylic oxidation sites excluding steroid dienone is 1. The zero-order valence-electron chi connectivity index (χ0n) is 22.5. The topological polar surface area (TPSA) is 0 Å². The molecule has 3 rings (SSSR count). The van der Waals surface area contributed by atoms with E-state index in [1.807, 2.05) is 6.08 Å². The van der Waals surface area contributed by atoms with Crippen molar-refractivity contribution in [1.29, 1.82) is 0 Å². The largest absolute Gasteiger partial charge is 0.0985 e. The third kappa shape index (κ3) is 8.65. The van der Waals surface area contributed by atoms with Crippen LogP contribution in [0.25, 0.3) is 11.6 Å². The van der Waals surface area contributed by atoms with Gasteiger partial charge in [0.25, 0.3) is 0 Å². The molecule has 0 N–H and O–H groups in total. The third-order valence-corrected chi connectivity index (χ3v) is 7.39. The molecule has 2 aromatic carbocycles. The minimum Gasteiger partial charge on any atom is -0.0985 e. The van der Waals surface area contributed by atoms with Crippen LogP contribution in [-0.2, 0) is 6.42 Å². The molecule has 1 aliphatic rings. The second-order valence-electron chi connectivity index (χ2n) is 11.9. The van der Waals surface area contributed by atoms with E-state index in [1.54, 1.807) is 0 Å². The molecule has 1 fully saturated rings. The van der Waals surface area contributed by atoms with Gasteiger partial charge in [0.05, 0.1) is 0 Å². The van der Waals surface area contributed by atoms with Crippen LogP contribution in [-0.4, -0.2) is 0 Å². The van der Waals surface area contributed by atoms with Gasteiger partial charge in [0, 0.05) is 0 Å². The summed E-state index contributed by atoms with van der Waals surface area (Å²) in [4.78, 5) is 0. The van der Waals surface area contributed by atoms with Crippen molar-refractivity contribution in [1.82, 2.24) is 0 Å². The summed E-state index contributed by atoms with van der Waals surface area (Å²) in [6, 6.07) is 17.1. The molecule has 0 amide bonds. The molecule has 1 aliphatic carbocycles. The van der Waals surface area contributed by atoms with Gasteiger partial charge in [-0.25, -0.2) is 0 Å². The summed E-state index contributed by atoms with van der Waals surface area (Å²) in [5.41, 5.74) is 7.61. The number of aryl methyl sites for hydroxylation is 2. The standard InChI is InChI=1S/C24H38.C9H10/c1-8-20-11-9-10-12-22(20)19(3)14-13-18(2)21-15-23(4,5)17-24(6,7)16-21;1-3-9-6-4-8(2)5-7-9/h9-12,18,21H,3,8,13-17H2,1-2,4-7H3;3-7H,1H2,2H3. The molecule has 0 spiro atoms. The lowest BCUT2D eigenvalue weighted by Crippen LogP contribution is -2.36. The molecular formula is C33H48. The summed E-state index contributed by atoms with van der Waals surface area (Å²) in [5, 5.41) is 0. The van der Waals surface area contributed by atoms with Crippen LogP contribution in [0, 0.1) is 29.6 Å². The smallest absolute Gasteiger partial charge is 0.0198 e. The van der Waals surface area contributed by atoms with Gasteiger partial charge in [-0.3, -0.25) is 0 Å². The Morgan fingerprint density at radius 3 is 2.12 bits per heavy atom. The fourth-order valence-electron chi connectivity index (χ4n) is 5.98. The maximum Gasteiger partial charge on any atom is -0.0198 e. The highest BCUT2D eigenvalue weighted by Crippen LogP contribution is 2.51. The van der Waals surface area contributed by atoms with Gasteiger partial charge in [-0.05, 0) is 90.4 Å². The van der Waals surface area contributed by atoms with E-state index in [0.29, 0.717) is 10.8 Å². The summed E-state index contributed by atoms with van der Waals surface area (Å²) < 4.78 is 0. The first kappa shape index (κ1) is 27.2. The van der Waals surface area contributed by atoms with Gasteiger partial charge in [0.1, 0.15) is 0 Å². The van der Waals surface area contributed by atoms with Crippen LogP contribution < -0.4 is 0 Å². The summed E-state index contributed by atoms with van der Waals surface area (Å²) in [6.07, 6.45) is 9.48. The summed E-state index contributed by atoms with van der Waals surface area (Å²) in [6.45, 7) is 24.7. The number of rotatable bonds is 7. The monoisotopic (exact) mass is 444 g/mol. The summed E-state index contributed by atoms with van der Waals surface area (Å²) in [7, 11) is 0. The Morgan fingerprint density at radius 1 is 1.00 bits per heavy atom. The average molecular weight is 445 g/mol. The molecule has 1 unspecified atom stereocenters. The molecule has 0 radical (unpaired) electrons. The number of benzene rings is 2. The van der Waals surface area contributed by atoms with Gasteiger partial charge in [0.15, 0.2) is 0 Å². The van der Waals surface area contributed by atoms with Gasteiger partial charge in [-0.1, -0.05) is 115 Å². The zero-order chi connectivity index (χ0) is 24.6. The van der Waals surface area contributed by atoms with Gasteiger partial charge in [-0.15, -0.1) is 0 Å². The van der Waals surface area contributed by atoms with Crippen LogP contribution in [0.15, 0.2) is 61.7 Å². The van der Waals surface area contributed by atoms with E-state index in [1.165, 1.54) is 53.5 Å². The van der Waals surface area contributed by atoms with Crippen LogP contribution in [0.1, 0.15) is 95.9 Å². The molecule has 0 heteroatoms. The van der Waals surface area contributed by atoms with E-state index in [4.69, 9.17) is 0 Å². The Labute approximate surface area is 205 Å². The molecule has 0 saturated heterocycles. The normalized spacial score (nSPS) is 18.0. The van der Waals surface area contributed by atoms with Crippen molar-refractivity contribution in [3.05, 3.63) is 83.9 Å². The van der Waals surface area contributed by atoms with E-state index >= 15 is 0 Å². The van der Waals surface area contributed by atoms with Crippen LogP contribution >= 0.6 is 0 Å². The molecule has 33 heavy (non-hydrogen) atoms. The van der Waals surface area contributed by atoms with Crippen LogP contribution in [0.5, 0.6) is 0 Å². The van der Waals surface area contributed by atoms with Crippen molar-refractivity contribution in [2.45, 2.75) is 87.0 Å². The van der Waals surface area contributed by atoms with Crippen molar-refractivity contribution in [3.63, 3.8) is 0 Å². The Hall–Kier alpha value is -2.08. The molecule has 1 atom stereocenters. The highest BCUT2D eigenvalue weighted by molar-refractivity contribution is 5.66. The molecule has 0 heterocycles. The number of hydrogen-bond donors (Lipinski definition) is 0. The maximum absolute atomic E-state index is 4.41. The highest BCUT2D eigenvalue weighted by Gasteiger charge is 2.39. The lowest BCUT2D eigenvalue weighted by Gasteiger charge is -2.47. The van der Waals surface area contributed by atoms with Crippen molar-refractivity contribution < 1.29 is 0 Å². The van der Waals surface area contributed by atoms with E-state index in [-0.39, 0.29) is 0 Å². The molecule has 1 saturated carbocycles. The predicted octanol–water partition coefficient (Wildman–Crippen LogP) is 10.2. The van der Waals surface area contributed by atoms with E-state index in [2.05, 4.69) is 110 Å². The Morgan fingerprint density at radius 2 is 1.58 bits per heavy atom. The average Bonchev–Trinajstić information content (AvgIpc) is 2.76. The molecule has 0 aromatic heterocycles. The van der Waals surface area contributed by atoms with E-state index in [0.717, 1.165) is 24.7 Å². The number of hydrogen-bond acceptors (Lipinski definition) is 0. The Balaban J connectivity index is 0.000000357.